The smallest absolute Gasteiger partial charge is 0.251 e. The summed E-state index contributed by atoms with van der Waals surface area (Å²) in [4.78, 5) is 23.9. The Kier molecular flexibility index (Phi) is 6.06. The SMILES string of the molecule is Cc1cnc2[nH]c3cc(C(=O)NCCN(C)C)cc(SCc4ccccc4)c3c2c1. The first-order valence-corrected chi connectivity index (χ1v) is 11.0. The van der Waals surface area contributed by atoms with Crippen LogP contribution in [0.1, 0.15) is 21.5 Å². The van der Waals surface area contributed by atoms with E-state index in [-0.39, 0.29) is 5.91 Å². The molecule has 2 aromatic heterocycles. The second-order valence-corrected chi connectivity index (χ2v) is 8.78. The fourth-order valence-corrected chi connectivity index (χ4v) is 4.54. The molecular formula is C24H26N4OS. The lowest BCUT2D eigenvalue weighted by Crippen LogP contribution is -2.31. The zero-order chi connectivity index (χ0) is 21.1. The monoisotopic (exact) mass is 418 g/mol. The van der Waals surface area contributed by atoms with E-state index in [2.05, 4.69) is 57.4 Å². The molecular weight excluding hydrogens is 392 g/mol. The van der Waals surface area contributed by atoms with E-state index in [0.29, 0.717) is 12.1 Å². The molecule has 6 heteroatoms. The number of hydrogen-bond acceptors (Lipinski definition) is 4. The second-order valence-electron chi connectivity index (χ2n) is 7.76. The van der Waals surface area contributed by atoms with E-state index >= 15 is 0 Å². The van der Waals surface area contributed by atoms with Gasteiger partial charge in [0.05, 0.1) is 0 Å². The molecule has 0 saturated carbocycles. The molecule has 0 fully saturated rings. The lowest BCUT2D eigenvalue weighted by Gasteiger charge is -2.12. The van der Waals surface area contributed by atoms with Gasteiger partial charge in [-0.25, -0.2) is 4.98 Å². The largest absolute Gasteiger partial charge is 0.351 e. The van der Waals surface area contributed by atoms with Gasteiger partial charge in [-0.1, -0.05) is 30.3 Å². The van der Waals surface area contributed by atoms with Crippen molar-refractivity contribution in [1.82, 2.24) is 20.2 Å². The number of aryl methyl sites for hydroxylation is 1. The van der Waals surface area contributed by atoms with Gasteiger partial charge < -0.3 is 15.2 Å². The molecule has 2 aromatic carbocycles. The van der Waals surface area contributed by atoms with Crippen LogP contribution in [-0.4, -0.2) is 48.0 Å². The van der Waals surface area contributed by atoms with Crippen molar-refractivity contribution in [2.75, 3.05) is 27.2 Å². The number of amides is 1. The third kappa shape index (κ3) is 4.50. The Morgan fingerprint density at radius 1 is 1.17 bits per heavy atom. The van der Waals surface area contributed by atoms with Crippen LogP contribution in [0, 0.1) is 6.92 Å². The van der Waals surface area contributed by atoms with E-state index in [4.69, 9.17) is 0 Å². The second kappa shape index (κ2) is 8.90. The maximum atomic E-state index is 12.8. The van der Waals surface area contributed by atoms with E-state index < -0.39 is 0 Å². The predicted molar refractivity (Wildman–Crippen MR) is 125 cm³/mol. The van der Waals surface area contributed by atoms with E-state index in [1.807, 2.05) is 38.5 Å². The lowest BCUT2D eigenvalue weighted by atomic mass is 10.1. The summed E-state index contributed by atoms with van der Waals surface area (Å²) in [7, 11) is 3.99. The molecule has 5 nitrogen and oxygen atoms in total. The summed E-state index contributed by atoms with van der Waals surface area (Å²) in [6, 6.07) is 16.5. The number of benzene rings is 2. The molecule has 0 aliphatic rings. The van der Waals surface area contributed by atoms with Gasteiger partial charge in [0.25, 0.3) is 5.91 Å². The molecule has 30 heavy (non-hydrogen) atoms. The van der Waals surface area contributed by atoms with Gasteiger partial charge in [0.15, 0.2) is 0 Å². The van der Waals surface area contributed by atoms with Crippen molar-refractivity contribution >= 4 is 39.6 Å². The summed E-state index contributed by atoms with van der Waals surface area (Å²) in [5.41, 5.74) is 4.83. The van der Waals surface area contributed by atoms with Crippen LogP contribution >= 0.6 is 11.8 Å². The molecule has 2 N–H and O–H groups in total. The van der Waals surface area contributed by atoms with Crippen LogP contribution in [0.4, 0.5) is 0 Å². The lowest BCUT2D eigenvalue weighted by molar-refractivity contribution is 0.0951. The molecule has 4 aromatic rings. The maximum Gasteiger partial charge on any atom is 0.251 e. The van der Waals surface area contributed by atoms with Crippen molar-refractivity contribution in [1.29, 1.82) is 0 Å². The van der Waals surface area contributed by atoms with Crippen LogP contribution in [0.25, 0.3) is 21.9 Å². The number of hydrogen-bond donors (Lipinski definition) is 2. The van der Waals surface area contributed by atoms with E-state index in [1.165, 1.54) is 5.56 Å². The van der Waals surface area contributed by atoms with Crippen LogP contribution in [0.5, 0.6) is 0 Å². The van der Waals surface area contributed by atoms with Gasteiger partial charge in [0.2, 0.25) is 0 Å². The molecule has 0 unspecified atom stereocenters. The highest BCUT2D eigenvalue weighted by Crippen LogP contribution is 2.36. The summed E-state index contributed by atoms with van der Waals surface area (Å²) in [5, 5.41) is 5.25. The van der Waals surface area contributed by atoms with Gasteiger partial charge in [-0.05, 0) is 50.3 Å². The Bertz CT molecular complexity index is 1180. The van der Waals surface area contributed by atoms with Gasteiger partial charge in [-0.15, -0.1) is 11.8 Å². The summed E-state index contributed by atoms with van der Waals surface area (Å²) < 4.78 is 0. The molecule has 0 bridgehead atoms. The van der Waals surface area contributed by atoms with Crippen molar-refractivity contribution in [2.24, 2.45) is 0 Å². The molecule has 1 amide bonds. The summed E-state index contributed by atoms with van der Waals surface area (Å²) >= 11 is 1.75. The van der Waals surface area contributed by atoms with Gasteiger partial charge in [0.1, 0.15) is 5.65 Å². The number of nitrogens with one attached hydrogen (secondary N) is 2. The van der Waals surface area contributed by atoms with E-state index in [0.717, 1.165) is 44.7 Å². The zero-order valence-electron chi connectivity index (χ0n) is 17.5. The molecule has 0 atom stereocenters. The minimum Gasteiger partial charge on any atom is -0.351 e. The summed E-state index contributed by atoms with van der Waals surface area (Å²) in [6.07, 6.45) is 1.86. The summed E-state index contributed by atoms with van der Waals surface area (Å²) in [6.45, 7) is 3.47. The minimum atomic E-state index is -0.0527. The number of aromatic amines is 1. The van der Waals surface area contributed by atoms with Crippen LogP contribution < -0.4 is 5.32 Å². The number of carbonyl (C=O) groups excluding carboxylic acids is 1. The predicted octanol–water partition coefficient (Wildman–Crippen LogP) is 4.61. The third-order valence-corrected chi connectivity index (χ3v) is 6.10. The number of carbonyl (C=O) groups is 1. The normalized spacial score (nSPS) is 11.5. The Morgan fingerprint density at radius 3 is 2.73 bits per heavy atom. The number of fused-ring (bicyclic) bond motifs is 3. The van der Waals surface area contributed by atoms with Crippen molar-refractivity contribution in [3.05, 3.63) is 71.4 Å². The van der Waals surface area contributed by atoms with Gasteiger partial charge in [-0.3, -0.25) is 4.79 Å². The fourth-order valence-electron chi connectivity index (χ4n) is 3.45. The first-order valence-electron chi connectivity index (χ1n) is 10.0. The zero-order valence-corrected chi connectivity index (χ0v) is 18.3. The van der Waals surface area contributed by atoms with Gasteiger partial charge in [-0.2, -0.15) is 0 Å². The number of rotatable bonds is 7. The van der Waals surface area contributed by atoms with Crippen LogP contribution in [0.2, 0.25) is 0 Å². The van der Waals surface area contributed by atoms with Crippen molar-refractivity contribution in [3.63, 3.8) is 0 Å². The van der Waals surface area contributed by atoms with Gasteiger partial charge in [0, 0.05) is 51.8 Å². The molecule has 154 valence electrons. The minimum absolute atomic E-state index is 0.0527. The number of nitrogens with zero attached hydrogens (tertiary/aromatic N) is 2. The number of aromatic nitrogens is 2. The number of H-pyrrole nitrogens is 1. The highest BCUT2D eigenvalue weighted by molar-refractivity contribution is 7.98. The van der Waals surface area contributed by atoms with Crippen molar-refractivity contribution in [2.45, 2.75) is 17.6 Å². The third-order valence-electron chi connectivity index (χ3n) is 4.99. The highest BCUT2D eigenvalue weighted by atomic mass is 32.2. The van der Waals surface area contributed by atoms with E-state index in [1.54, 1.807) is 11.8 Å². The van der Waals surface area contributed by atoms with Crippen molar-refractivity contribution < 1.29 is 4.79 Å². The number of likely N-dealkylation sites (N-methyl/N-ethyl adjacent to an activating group) is 1. The quantitative estimate of drug-likeness (QED) is 0.430. The molecule has 0 saturated heterocycles. The number of pyridine rings is 1. The fraction of sp³-hybridized carbons (Fsp3) is 0.250. The Morgan fingerprint density at radius 2 is 1.97 bits per heavy atom. The Labute approximate surface area is 180 Å². The van der Waals surface area contributed by atoms with Gasteiger partial charge >= 0.3 is 0 Å². The molecule has 0 aliphatic carbocycles. The van der Waals surface area contributed by atoms with Crippen LogP contribution in [-0.2, 0) is 5.75 Å². The molecule has 4 rings (SSSR count). The average Bonchev–Trinajstić information content (AvgIpc) is 3.10. The van der Waals surface area contributed by atoms with Crippen molar-refractivity contribution in [3.8, 4) is 0 Å². The van der Waals surface area contributed by atoms with E-state index in [9.17, 15) is 4.79 Å². The Balaban J connectivity index is 1.73. The first kappa shape index (κ1) is 20.4. The molecule has 0 radical (unpaired) electrons. The highest BCUT2D eigenvalue weighted by Gasteiger charge is 2.16. The first-order chi connectivity index (χ1) is 14.5. The van der Waals surface area contributed by atoms with Crippen LogP contribution in [0.3, 0.4) is 0 Å². The average molecular weight is 419 g/mol. The topological polar surface area (TPSA) is 61.0 Å². The summed E-state index contributed by atoms with van der Waals surface area (Å²) in [5.74, 6) is 0.788. The molecule has 0 aliphatic heterocycles. The Hall–Kier alpha value is -2.83. The molecule has 2 heterocycles. The van der Waals surface area contributed by atoms with Crippen LogP contribution in [0.15, 0.2) is 59.6 Å². The maximum absolute atomic E-state index is 12.8. The number of thioether (sulfide) groups is 1. The standard InChI is InChI=1S/C24H26N4OS/c1-16-11-19-22-20(27-23(19)26-14-16)12-18(24(29)25-9-10-28(2)3)13-21(22)30-15-17-7-5-4-6-8-17/h4-8,11-14H,9-10,15H2,1-3H3,(H,25,29)(H,26,27). The molecule has 0 spiro atoms.